The highest BCUT2D eigenvalue weighted by Gasteiger charge is 2.11. The zero-order valence-electron chi connectivity index (χ0n) is 8.80. The van der Waals surface area contributed by atoms with E-state index in [2.05, 4.69) is 52.7 Å². The summed E-state index contributed by atoms with van der Waals surface area (Å²) >= 11 is 0. The third-order valence-corrected chi connectivity index (χ3v) is 2.77. The van der Waals surface area contributed by atoms with Crippen LogP contribution in [0.3, 0.4) is 0 Å². The van der Waals surface area contributed by atoms with Gasteiger partial charge in [-0.3, -0.25) is 5.10 Å². The molecule has 16 heavy (non-hydrogen) atoms. The molecular formula is C14H12N2. The highest BCUT2D eigenvalue weighted by Crippen LogP contribution is 2.25. The van der Waals surface area contributed by atoms with E-state index < -0.39 is 0 Å². The van der Waals surface area contributed by atoms with E-state index in [0.29, 0.717) is 5.92 Å². The molecule has 1 heterocycles. The van der Waals surface area contributed by atoms with Crippen molar-refractivity contribution < 1.29 is 0 Å². The zero-order chi connectivity index (χ0) is 10.8. The van der Waals surface area contributed by atoms with Crippen LogP contribution in [0.1, 0.15) is 11.6 Å². The predicted molar refractivity (Wildman–Crippen MR) is 65.0 cm³/mol. The SMILES string of the molecule is C1=CC(c2cc(-c3ccccc3)n[nH]2)C=C1. The van der Waals surface area contributed by atoms with Crippen LogP contribution in [0.15, 0.2) is 60.7 Å². The minimum atomic E-state index is 0.352. The summed E-state index contributed by atoms with van der Waals surface area (Å²) in [6.45, 7) is 0. The normalized spacial score (nSPS) is 14.8. The van der Waals surface area contributed by atoms with Crippen LogP contribution in [0.25, 0.3) is 11.3 Å². The molecule has 1 aromatic heterocycles. The van der Waals surface area contributed by atoms with E-state index in [4.69, 9.17) is 0 Å². The maximum Gasteiger partial charge on any atom is 0.0923 e. The number of nitrogens with zero attached hydrogens (tertiary/aromatic N) is 1. The van der Waals surface area contributed by atoms with Crippen LogP contribution in [-0.2, 0) is 0 Å². The Labute approximate surface area is 94.3 Å². The van der Waals surface area contributed by atoms with Crippen molar-refractivity contribution in [3.05, 3.63) is 66.4 Å². The van der Waals surface area contributed by atoms with E-state index in [9.17, 15) is 0 Å². The minimum Gasteiger partial charge on any atom is -0.281 e. The van der Waals surface area contributed by atoms with Gasteiger partial charge in [0.1, 0.15) is 0 Å². The molecule has 2 heteroatoms. The van der Waals surface area contributed by atoms with E-state index in [1.807, 2.05) is 18.2 Å². The number of hydrogen-bond donors (Lipinski definition) is 1. The van der Waals surface area contributed by atoms with E-state index in [1.165, 1.54) is 0 Å². The molecule has 3 rings (SSSR count). The molecular weight excluding hydrogens is 196 g/mol. The molecule has 0 radical (unpaired) electrons. The van der Waals surface area contributed by atoms with Gasteiger partial charge in [0.2, 0.25) is 0 Å². The van der Waals surface area contributed by atoms with Crippen LogP contribution in [0, 0.1) is 0 Å². The van der Waals surface area contributed by atoms with Gasteiger partial charge < -0.3 is 0 Å². The molecule has 0 unspecified atom stereocenters. The summed E-state index contributed by atoms with van der Waals surface area (Å²) in [5.74, 6) is 0.352. The molecule has 1 aliphatic rings. The van der Waals surface area contributed by atoms with Crippen molar-refractivity contribution in [2.24, 2.45) is 0 Å². The maximum atomic E-state index is 4.34. The number of nitrogens with one attached hydrogen (secondary N) is 1. The summed E-state index contributed by atoms with van der Waals surface area (Å²) in [5, 5.41) is 7.43. The number of rotatable bonds is 2. The van der Waals surface area contributed by atoms with Crippen molar-refractivity contribution in [1.82, 2.24) is 10.2 Å². The van der Waals surface area contributed by atoms with Crippen LogP contribution in [-0.4, -0.2) is 10.2 Å². The van der Waals surface area contributed by atoms with Crippen LogP contribution in [0.5, 0.6) is 0 Å². The smallest absolute Gasteiger partial charge is 0.0923 e. The Kier molecular flexibility index (Phi) is 2.18. The lowest BCUT2D eigenvalue weighted by Gasteiger charge is -1.98. The van der Waals surface area contributed by atoms with Gasteiger partial charge in [-0.2, -0.15) is 5.10 Å². The van der Waals surface area contributed by atoms with Gasteiger partial charge in [0.15, 0.2) is 0 Å². The van der Waals surface area contributed by atoms with Gasteiger partial charge in [-0.25, -0.2) is 0 Å². The molecule has 0 spiro atoms. The summed E-state index contributed by atoms with van der Waals surface area (Å²) in [6, 6.07) is 12.3. The average Bonchev–Trinajstić information content (AvgIpc) is 3.01. The molecule has 1 aromatic carbocycles. The molecule has 1 N–H and O–H groups in total. The molecule has 0 bridgehead atoms. The van der Waals surface area contributed by atoms with E-state index in [0.717, 1.165) is 17.0 Å². The fraction of sp³-hybridized carbons (Fsp3) is 0.0714. The predicted octanol–water partition coefficient (Wildman–Crippen LogP) is 3.29. The van der Waals surface area contributed by atoms with Gasteiger partial charge in [-0.05, 0) is 6.07 Å². The van der Waals surface area contributed by atoms with Gasteiger partial charge in [0, 0.05) is 17.2 Å². The van der Waals surface area contributed by atoms with Crippen molar-refractivity contribution in [3.63, 3.8) is 0 Å². The Morgan fingerprint density at radius 1 is 1.00 bits per heavy atom. The van der Waals surface area contributed by atoms with Gasteiger partial charge in [0.25, 0.3) is 0 Å². The molecule has 0 amide bonds. The van der Waals surface area contributed by atoms with Crippen molar-refractivity contribution in [3.8, 4) is 11.3 Å². The van der Waals surface area contributed by atoms with Gasteiger partial charge >= 0.3 is 0 Å². The Balaban J connectivity index is 1.94. The fourth-order valence-corrected chi connectivity index (χ4v) is 1.90. The average molecular weight is 208 g/mol. The first-order valence-corrected chi connectivity index (χ1v) is 5.39. The lowest BCUT2D eigenvalue weighted by atomic mass is 10.1. The largest absolute Gasteiger partial charge is 0.281 e. The Morgan fingerprint density at radius 2 is 1.75 bits per heavy atom. The van der Waals surface area contributed by atoms with E-state index >= 15 is 0 Å². The first-order chi connectivity index (χ1) is 7.93. The Bertz CT molecular complexity index is 523. The molecule has 0 aliphatic heterocycles. The molecule has 78 valence electrons. The van der Waals surface area contributed by atoms with Crippen molar-refractivity contribution in [1.29, 1.82) is 0 Å². The number of aromatic amines is 1. The molecule has 2 aromatic rings. The van der Waals surface area contributed by atoms with Crippen LogP contribution >= 0.6 is 0 Å². The lowest BCUT2D eigenvalue weighted by molar-refractivity contribution is 0.956. The zero-order valence-corrected chi connectivity index (χ0v) is 8.80. The van der Waals surface area contributed by atoms with Crippen molar-refractivity contribution in [2.75, 3.05) is 0 Å². The second-order valence-electron chi connectivity index (χ2n) is 3.87. The van der Waals surface area contributed by atoms with Crippen LogP contribution < -0.4 is 0 Å². The van der Waals surface area contributed by atoms with Crippen molar-refractivity contribution >= 4 is 0 Å². The first-order valence-electron chi connectivity index (χ1n) is 5.39. The summed E-state index contributed by atoms with van der Waals surface area (Å²) < 4.78 is 0. The monoisotopic (exact) mass is 208 g/mol. The van der Waals surface area contributed by atoms with Crippen LogP contribution in [0.2, 0.25) is 0 Å². The molecule has 0 saturated carbocycles. The minimum absolute atomic E-state index is 0.352. The highest BCUT2D eigenvalue weighted by atomic mass is 15.1. The number of aromatic nitrogens is 2. The van der Waals surface area contributed by atoms with Gasteiger partial charge in [-0.15, -0.1) is 0 Å². The van der Waals surface area contributed by atoms with Gasteiger partial charge in [0.05, 0.1) is 5.69 Å². The number of H-pyrrole nitrogens is 1. The van der Waals surface area contributed by atoms with E-state index in [-0.39, 0.29) is 0 Å². The molecule has 0 atom stereocenters. The first kappa shape index (κ1) is 9.16. The second-order valence-corrected chi connectivity index (χ2v) is 3.87. The Hall–Kier alpha value is -2.09. The van der Waals surface area contributed by atoms with Gasteiger partial charge in [-0.1, -0.05) is 54.6 Å². The summed E-state index contributed by atoms with van der Waals surface area (Å²) in [7, 11) is 0. The molecule has 0 saturated heterocycles. The summed E-state index contributed by atoms with van der Waals surface area (Å²) in [6.07, 6.45) is 8.44. The summed E-state index contributed by atoms with van der Waals surface area (Å²) in [5.41, 5.74) is 3.30. The number of allylic oxidation sites excluding steroid dienone is 4. The number of benzene rings is 1. The third kappa shape index (κ3) is 1.58. The fourth-order valence-electron chi connectivity index (χ4n) is 1.90. The molecule has 0 fully saturated rings. The lowest BCUT2D eigenvalue weighted by Crippen LogP contribution is -1.87. The highest BCUT2D eigenvalue weighted by molar-refractivity contribution is 5.59. The van der Waals surface area contributed by atoms with Crippen LogP contribution in [0.4, 0.5) is 0 Å². The number of hydrogen-bond acceptors (Lipinski definition) is 1. The quantitative estimate of drug-likeness (QED) is 0.806. The molecule has 1 aliphatic carbocycles. The van der Waals surface area contributed by atoms with E-state index in [1.54, 1.807) is 0 Å². The van der Waals surface area contributed by atoms with Crippen molar-refractivity contribution in [2.45, 2.75) is 5.92 Å². The third-order valence-electron chi connectivity index (χ3n) is 2.77. The Morgan fingerprint density at radius 3 is 2.50 bits per heavy atom. The molecule has 2 nitrogen and oxygen atoms in total. The maximum absolute atomic E-state index is 4.34. The summed E-state index contributed by atoms with van der Waals surface area (Å²) in [4.78, 5) is 0. The standard InChI is InChI=1S/C14H12N2/c1-2-6-11(7-3-1)13-10-14(16-15-13)12-8-4-5-9-12/h1-10,12H,(H,15,16). The topological polar surface area (TPSA) is 28.7 Å². The second kappa shape index (κ2) is 3.81.